The zero-order valence-corrected chi connectivity index (χ0v) is 11.7. The summed E-state index contributed by atoms with van der Waals surface area (Å²) in [6, 6.07) is 5.98. The molecule has 1 heterocycles. The summed E-state index contributed by atoms with van der Waals surface area (Å²) in [4.78, 5) is 17.8. The number of aldehydes is 1. The third-order valence-corrected chi connectivity index (χ3v) is 3.72. The van der Waals surface area contributed by atoms with E-state index in [1.807, 2.05) is 24.4 Å². The molecule has 0 N–H and O–H groups in total. The molecule has 0 saturated carbocycles. The molecule has 1 rings (SSSR count). The number of carbonyl (C=O) groups excluding carboxylic acids is 1. The number of hydrogen-bond acceptors (Lipinski definition) is 3. The van der Waals surface area contributed by atoms with E-state index in [0.29, 0.717) is 0 Å². The van der Waals surface area contributed by atoms with E-state index in [4.69, 9.17) is 0 Å². The first-order chi connectivity index (χ1) is 8.65. The minimum Gasteiger partial charge on any atom is -0.305 e. The summed E-state index contributed by atoms with van der Waals surface area (Å²) in [5, 5.41) is 0. The molecule has 1 aromatic rings. The van der Waals surface area contributed by atoms with Crippen LogP contribution in [-0.2, 0) is 11.2 Å². The predicted octanol–water partition coefficient (Wildman–Crippen LogP) is 2.56. The lowest BCUT2D eigenvalue weighted by molar-refractivity contribution is -0.117. The second-order valence-corrected chi connectivity index (χ2v) is 5.00. The number of carbonyl (C=O) groups is 1. The van der Waals surface area contributed by atoms with E-state index in [9.17, 15) is 4.79 Å². The van der Waals surface area contributed by atoms with Crippen LogP contribution in [0.1, 0.15) is 32.4 Å². The Morgan fingerprint density at radius 1 is 1.33 bits per heavy atom. The van der Waals surface area contributed by atoms with Crippen molar-refractivity contribution in [3.63, 3.8) is 0 Å². The third-order valence-electron chi connectivity index (χ3n) is 3.72. The summed E-state index contributed by atoms with van der Waals surface area (Å²) in [7, 11) is 2.08. The van der Waals surface area contributed by atoms with Crippen molar-refractivity contribution in [2.45, 2.75) is 33.1 Å². The van der Waals surface area contributed by atoms with Gasteiger partial charge < -0.3 is 9.69 Å². The number of aromatic nitrogens is 1. The van der Waals surface area contributed by atoms with Crippen LogP contribution in [0.3, 0.4) is 0 Å². The summed E-state index contributed by atoms with van der Waals surface area (Å²) in [6.07, 6.45) is 5.69. The molecule has 18 heavy (non-hydrogen) atoms. The number of hydrogen-bond donors (Lipinski definition) is 0. The van der Waals surface area contributed by atoms with Crippen LogP contribution in [0.5, 0.6) is 0 Å². The second kappa shape index (κ2) is 7.27. The van der Waals surface area contributed by atoms with Crippen LogP contribution in [0.4, 0.5) is 0 Å². The zero-order valence-electron chi connectivity index (χ0n) is 11.7. The van der Waals surface area contributed by atoms with E-state index >= 15 is 0 Å². The maximum atomic E-state index is 11.3. The van der Waals surface area contributed by atoms with Crippen molar-refractivity contribution in [3.8, 4) is 0 Å². The van der Waals surface area contributed by atoms with Gasteiger partial charge in [-0.2, -0.15) is 0 Å². The summed E-state index contributed by atoms with van der Waals surface area (Å²) in [5.74, 6) is 0. The maximum Gasteiger partial charge on any atom is 0.127 e. The third kappa shape index (κ3) is 4.22. The topological polar surface area (TPSA) is 33.2 Å². The Kier molecular flexibility index (Phi) is 5.99. The van der Waals surface area contributed by atoms with Gasteiger partial charge in [0.1, 0.15) is 6.29 Å². The van der Waals surface area contributed by atoms with E-state index in [1.165, 1.54) is 0 Å². The van der Waals surface area contributed by atoms with Gasteiger partial charge in [0.15, 0.2) is 0 Å². The van der Waals surface area contributed by atoms with Crippen LogP contribution in [-0.4, -0.2) is 36.3 Å². The molecule has 0 radical (unpaired) electrons. The van der Waals surface area contributed by atoms with E-state index in [2.05, 4.69) is 30.8 Å². The highest BCUT2D eigenvalue weighted by molar-refractivity contribution is 5.59. The molecule has 0 atom stereocenters. The monoisotopic (exact) mass is 248 g/mol. The normalized spacial score (nSPS) is 11.8. The van der Waals surface area contributed by atoms with Crippen molar-refractivity contribution in [1.29, 1.82) is 0 Å². The highest BCUT2D eigenvalue weighted by atomic mass is 16.1. The molecule has 1 aromatic heterocycles. The van der Waals surface area contributed by atoms with Crippen LogP contribution in [0.2, 0.25) is 0 Å². The fourth-order valence-electron chi connectivity index (χ4n) is 2.15. The Hall–Kier alpha value is -1.22. The summed E-state index contributed by atoms with van der Waals surface area (Å²) in [5.41, 5.74) is 0.924. The summed E-state index contributed by atoms with van der Waals surface area (Å²) >= 11 is 0. The molecule has 3 heteroatoms. The Labute approximate surface area is 110 Å². The molecule has 3 nitrogen and oxygen atoms in total. The van der Waals surface area contributed by atoms with Gasteiger partial charge in [-0.1, -0.05) is 19.9 Å². The zero-order chi connectivity index (χ0) is 13.4. The number of rotatable bonds is 8. The largest absolute Gasteiger partial charge is 0.305 e. The molecule has 0 bridgehead atoms. The van der Waals surface area contributed by atoms with E-state index in [-0.39, 0.29) is 5.41 Å². The van der Waals surface area contributed by atoms with Gasteiger partial charge in [-0.15, -0.1) is 0 Å². The van der Waals surface area contributed by atoms with Crippen LogP contribution in [0.25, 0.3) is 0 Å². The molecule has 0 aliphatic rings. The molecular formula is C15H24N2O. The summed E-state index contributed by atoms with van der Waals surface area (Å²) in [6.45, 7) is 5.94. The van der Waals surface area contributed by atoms with Gasteiger partial charge in [-0.3, -0.25) is 4.98 Å². The minimum absolute atomic E-state index is 0.182. The number of nitrogens with zero attached hydrogens (tertiary/aromatic N) is 2. The van der Waals surface area contributed by atoms with Gasteiger partial charge in [0, 0.05) is 36.8 Å². The van der Waals surface area contributed by atoms with E-state index in [0.717, 1.165) is 44.3 Å². The fraction of sp³-hybridized carbons (Fsp3) is 0.600. The van der Waals surface area contributed by atoms with E-state index < -0.39 is 0 Å². The van der Waals surface area contributed by atoms with Gasteiger partial charge in [-0.25, -0.2) is 0 Å². The molecule has 0 unspecified atom stereocenters. The average Bonchev–Trinajstić information content (AvgIpc) is 2.44. The maximum absolute atomic E-state index is 11.3. The molecule has 0 spiro atoms. The Balaban J connectivity index is 2.46. The van der Waals surface area contributed by atoms with Crippen molar-refractivity contribution < 1.29 is 4.79 Å². The van der Waals surface area contributed by atoms with Gasteiger partial charge >= 0.3 is 0 Å². The first-order valence-corrected chi connectivity index (χ1v) is 6.70. The molecule has 100 valence electrons. The van der Waals surface area contributed by atoms with E-state index in [1.54, 1.807) is 0 Å². The minimum atomic E-state index is -0.182. The molecule has 0 aliphatic carbocycles. The van der Waals surface area contributed by atoms with Crippen molar-refractivity contribution >= 4 is 6.29 Å². The average molecular weight is 248 g/mol. The molecule has 0 fully saturated rings. The number of likely N-dealkylation sites (N-methyl/N-ethyl adjacent to an activating group) is 1. The van der Waals surface area contributed by atoms with Crippen molar-refractivity contribution in [2.24, 2.45) is 5.41 Å². The molecule has 0 aliphatic heterocycles. The quantitative estimate of drug-likeness (QED) is 0.663. The molecule has 0 aromatic carbocycles. The van der Waals surface area contributed by atoms with Crippen molar-refractivity contribution in [2.75, 3.05) is 20.1 Å². The fourth-order valence-corrected chi connectivity index (χ4v) is 2.15. The van der Waals surface area contributed by atoms with Crippen molar-refractivity contribution in [1.82, 2.24) is 9.88 Å². The van der Waals surface area contributed by atoms with Gasteiger partial charge in [0.05, 0.1) is 0 Å². The van der Waals surface area contributed by atoms with Gasteiger partial charge in [0.2, 0.25) is 0 Å². The lowest BCUT2D eigenvalue weighted by Gasteiger charge is -2.30. The summed E-state index contributed by atoms with van der Waals surface area (Å²) < 4.78 is 0. The Bertz CT molecular complexity index is 347. The molecule has 0 amide bonds. The molecule has 0 saturated heterocycles. The van der Waals surface area contributed by atoms with Gasteiger partial charge in [-0.05, 0) is 32.0 Å². The Morgan fingerprint density at radius 2 is 2.06 bits per heavy atom. The standard InChI is InChI=1S/C15H24N2O/c1-4-15(5-2,13-18)12-17(3)11-9-14-8-6-7-10-16-14/h6-8,10,13H,4-5,9,11-12H2,1-3H3. The molecular weight excluding hydrogens is 224 g/mol. The lowest BCUT2D eigenvalue weighted by atomic mass is 9.83. The second-order valence-electron chi connectivity index (χ2n) is 5.00. The van der Waals surface area contributed by atoms with Crippen LogP contribution >= 0.6 is 0 Å². The van der Waals surface area contributed by atoms with Gasteiger partial charge in [0.25, 0.3) is 0 Å². The highest BCUT2D eigenvalue weighted by Gasteiger charge is 2.26. The van der Waals surface area contributed by atoms with Crippen LogP contribution < -0.4 is 0 Å². The smallest absolute Gasteiger partial charge is 0.127 e. The predicted molar refractivity (Wildman–Crippen MR) is 74.5 cm³/mol. The number of pyridine rings is 1. The van der Waals surface area contributed by atoms with Crippen molar-refractivity contribution in [3.05, 3.63) is 30.1 Å². The Morgan fingerprint density at radius 3 is 2.56 bits per heavy atom. The highest BCUT2D eigenvalue weighted by Crippen LogP contribution is 2.24. The SMILES string of the molecule is CCC(C=O)(CC)CN(C)CCc1ccccn1. The first kappa shape index (κ1) is 14.8. The lowest BCUT2D eigenvalue weighted by Crippen LogP contribution is -2.37. The first-order valence-electron chi connectivity index (χ1n) is 6.70. The van der Waals surface area contributed by atoms with Crippen LogP contribution in [0.15, 0.2) is 24.4 Å². The van der Waals surface area contributed by atoms with Crippen LogP contribution in [0, 0.1) is 5.41 Å².